The maximum absolute atomic E-state index is 12.9. The van der Waals surface area contributed by atoms with Crippen molar-refractivity contribution in [2.45, 2.75) is 26.2 Å². The third kappa shape index (κ3) is 4.55. The van der Waals surface area contributed by atoms with Crippen molar-refractivity contribution in [3.8, 4) is 5.75 Å². The zero-order chi connectivity index (χ0) is 16.8. The van der Waals surface area contributed by atoms with Crippen molar-refractivity contribution < 1.29 is 19.1 Å². The van der Waals surface area contributed by atoms with Crippen LogP contribution in [0.5, 0.6) is 5.75 Å². The Morgan fingerprint density at radius 2 is 1.78 bits per heavy atom. The highest BCUT2D eigenvalue weighted by molar-refractivity contribution is 5.91. The number of morpholine rings is 1. The largest absolute Gasteiger partial charge is 0.497 e. The monoisotopic (exact) mass is 319 g/mol. The van der Waals surface area contributed by atoms with Crippen LogP contribution in [0.3, 0.4) is 0 Å². The van der Waals surface area contributed by atoms with Crippen molar-refractivity contribution in [2.75, 3.05) is 33.4 Å². The van der Waals surface area contributed by atoms with Crippen LogP contribution in [0.15, 0.2) is 24.3 Å². The standard InChI is InChI=1S/C18H25NO4/c1-13(2)17(20)12-16(14-4-6-15(22-3)7-5-14)18(21)19-8-10-23-11-9-19/h4-7,13,16H,8-12H2,1-3H3/t16-/m1/s1. The highest BCUT2D eigenvalue weighted by Crippen LogP contribution is 2.26. The van der Waals surface area contributed by atoms with E-state index in [1.807, 2.05) is 38.1 Å². The lowest BCUT2D eigenvalue weighted by atomic mass is 9.89. The Balaban J connectivity index is 2.22. The summed E-state index contributed by atoms with van der Waals surface area (Å²) in [6.45, 7) is 6.01. The first-order valence-corrected chi connectivity index (χ1v) is 8.06. The average Bonchev–Trinajstić information content (AvgIpc) is 2.59. The van der Waals surface area contributed by atoms with Crippen LogP contribution in [0.4, 0.5) is 0 Å². The van der Waals surface area contributed by atoms with Gasteiger partial charge in [0.2, 0.25) is 5.91 Å². The highest BCUT2D eigenvalue weighted by atomic mass is 16.5. The Labute approximate surface area is 137 Å². The number of ketones is 1. The summed E-state index contributed by atoms with van der Waals surface area (Å²) in [5.74, 6) is 0.337. The van der Waals surface area contributed by atoms with E-state index in [-0.39, 0.29) is 24.0 Å². The van der Waals surface area contributed by atoms with E-state index >= 15 is 0 Å². The third-order valence-electron chi connectivity index (χ3n) is 4.19. The first-order chi connectivity index (χ1) is 11.0. The van der Waals surface area contributed by atoms with Crippen LogP contribution in [-0.2, 0) is 14.3 Å². The average molecular weight is 319 g/mol. The molecule has 1 saturated heterocycles. The second kappa shape index (κ2) is 8.11. The van der Waals surface area contributed by atoms with Gasteiger partial charge in [-0.05, 0) is 17.7 Å². The lowest BCUT2D eigenvalue weighted by Crippen LogP contribution is -2.43. The second-order valence-electron chi connectivity index (χ2n) is 6.09. The van der Waals surface area contributed by atoms with Gasteiger partial charge in [0, 0.05) is 25.4 Å². The number of carbonyl (C=O) groups excluding carboxylic acids is 2. The van der Waals surface area contributed by atoms with Gasteiger partial charge in [0.15, 0.2) is 0 Å². The van der Waals surface area contributed by atoms with Crippen LogP contribution in [0.25, 0.3) is 0 Å². The molecule has 5 nitrogen and oxygen atoms in total. The van der Waals surface area contributed by atoms with E-state index in [1.165, 1.54) is 0 Å². The number of benzene rings is 1. The van der Waals surface area contributed by atoms with Crippen LogP contribution in [0.1, 0.15) is 31.7 Å². The Hall–Kier alpha value is -1.88. The first kappa shape index (κ1) is 17.5. The van der Waals surface area contributed by atoms with Gasteiger partial charge in [-0.1, -0.05) is 26.0 Å². The summed E-state index contributed by atoms with van der Waals surface area (Å²) in [4.78, 5) is 26.9. The summed E-state index contributed by atoms with van der Waals surface area (Å²) in [6.07, 6.45) is 0.236. The highest BCUT2D eigenvalue weighted by Gasteiger charge is 2.29. The molecule has 1 fully saturated rings. The lowest BCUT2D eigenvalue weighted by Gasteiger charge is -2.30. The van der Waals surface area contributed by atoms with Gasteiger partial charge in [0.1, 0.15) is 11.5 Å². The minimum Gasteiger partial charge on any atom is -0.497 e. The van der Waals surface area contributed by atoms with Crippen molar-refractivity contribution in [3.05, 3.63) is 29.8 Å². The number of methoxy groups -OCH3 is 1. The van der Waals surface area contributed by atoms with Crippen molar-refractivity contribution in [3.63, 3.8) is 0 Å². The molecule has 1 amide bonds. The smallest absolute Gasteiger partial charge is 0.230 e. The van der Waals surface area contributed by atoms with E-state index in [2.05, 4.69) is 0 Å². The molecule has 5 heteroatoms. The second-order valence-corrected chi connectivity index (χ2v) is 6.09. The maximum atomic E-state index is 12.9. The normalized spacial score (nSPS) is 16.3. The molecule has 1 aliphatic rings. The summed E-state index contributed by atoms with van der Waals surface area (Å²) < 4.78 is 10.5. The minimum absolute atomic E-state index is 0.00691. The predicted molar refractivity (Wildman–Crippen MR) is 87.6 cm³/mol. The molecule has 126 valence electrons. The molecular weight excluding hydrogens is 294 g/mol. The van der Waals surface area contributed by atoms with Crippen molar-refractivity contribution >= 4 is 11.7 Å². The SMILES string of the molecule is COc1ccc([C@@H](CC(=O)C(C)C)C(=O)N2CCOCC2)cc1. The summed E-state index contributed by atoms with van der Waals surface area (Å²) >= 11 is 0. The zero-order valence-corrected chi connectivity index (χ0v) is 14.1. The minimum atomic E-state index is -0.436. The van der Waals surface area contributed by atoms with Gasteiger partial charge < -0.3 is 14.4 Å². The molecule has 0 saturated carbocycles. The lowest BCUT2D eigenvalue weighted by molar-refractivity contribution is -0.139. The van der Waals surface area contributed by atoms with Crippen LogP contribution >= 0.6 is 0 Å². The molecule has 0 bridgehead atoms. The van der Waals surface area contributed by atoms with Crippen LogP contribution in [-0.4, -0.2) is 50.0 Å². The molecule has 0 aliphatic carbocycles. The van der Waals surface area contributed by atoms with Crippen molar-refractivity contribution in [2.24, 2.45) is 5.92 Å². The third-order valence-corrected chi connectivity index (χ3v) is 4.19. The van der Waals surface area contributed by atoms with E-state index in [1.54, 1.807) is 12.0 Å². The van der Waals surface area contributed by atoms with Gasteiger partial charge in [-0.2, -0.15) is 0 Å². The number of ether oxygens (including phenoxy) is 2. The van der Waals surface area contributed by atoms with Gasteiger partial charge in [-0.3, -0.25) is 9.59 Å². The molecule has 23 heavy (non-hydrogen) atoms. The fourth-order valence-corrected chi connectivity index (χ4v) is 2.62. The number of amides is 1. The molecule has 0 unspecified atom stereocenters. The summed E-state index contributed by atoms with van der Waals surface area (Å²) in [5.41, 5.74) is 0.858. The number of hydrogen-bond acceptors (Lipinski definition) is 4. The van der Waals surface area contributed by atoms with Crippen LogP contribution in [0, 0.1) is 5.92 Å². The molecule has 1 aromatic carbocycles. The van der Waals surface area contributed by atoms with Gasteiger partial charge in [-0.15, -0.1) is 0 Å². The number of carbonyl (C=O) groups is 2. The first-order valence-electron chi connectivity index (χ1n) is 8.06. The summed E-state index contributed by atoms with van der Waals surface area (Å²) in [5, 5.41) is 0. The Bertz CT molecular complexity index is 532. The summed E-state index contributed by atoms with van der Waals surface area (Å²) in [7, 11) is 1.60. The zero-order valence-electron chi connectivity index (χ0n) is 14.1. The molecule has 1 atom stereocenters. The topological polar surface area (TPSA) is 55.8 Å². The van der Waals surface area contributed by atoms with Gasteiger partial charge in [0.25, 0.3) is 0 Å². The van der Waals surface area contributed by atoms with Crippen molar-refractivity contribution in [1.82, 2.24) is 4.90 Å². The Kier molecular flexibility index (Phi) is 6.16. The van der Waals surface area contributed by atoms with Gasteiger partial charge in [0.05, 0.1) is 26.2 Å². The van der Waals surface area contributed by atoms with E-state index in [9.17, 15) is 9.59 Å². The number of hydrogen-bond donors (Lipinski definition) is 0. The molecule has 1 aromatic rings. The molecule has 1 aliphatic heterocycles. The van der Waals surface area contributed by atoms with E-state index in [4.69, 9.17) is 9.47 Å². The van der Waals surface area contributed by atoms with Gasteiger partial charge >= 0.3 is 0 Å². The number of Topliss-reactive ketones (excluding diaryl/α,β-unsaturated/α-hetero) is 1. The van der Waals surface area contributed by atoms with E-state index < -0.39 is 5.92 Å². The summed E-state index contributed by atoms with van der Waals surface area (Å²) in [6, 6.07) is 7.40. The fourth-order valence-electron chi connectivity index (χ4n) is 2.62. The maximum Gasteiger partial charge on any atom is 0.230 e. The predicted octanol–water partition coefficient (Wildman–Crippen LogP) is 2.25. The van der Waals surface area contributed by atoms with Gasteiger partial charge in [-0.25, -0.2) is 0 Å². The van der Waals surface area contributed by atoms with E-state index in [0.717, 1.165) is 11.3 Å². The van der Waals surface area contributed by atoms with Crippen LogP contribution in [0.2, 0.25) is 0 Å². The van der Waals surface area contributed by atoms with E-state index in [0.29, 0.717) is 26.3 Å². The molecule has 0 N–H and O–H groups in total. The molecule has 2 rings (SSSR count). The molecule has 0 spiro atoms. The molecular formula is C18H25NO4. The molecule has 1 heterocycles. The Morgan fingerprint density at radius 1 is 1.17 bits per heavy atom. The fraction of sp³-hybridized carbons (Fsp3) is 0.556. The number of nitrogens with zero attached hydrogens (tertiary/aromatic N) is 1. The number of rotatable bonds is 6. The molecule has 0 radical (unpaired) electrons. The van der Waals surface area contributed by atoms with Crippen molar-refractivity contribution in [1.29, 1.82) is 0 Å². The van der Waals surface area contributed by atoms with Crippen LogP contribution < -0.4 is 4.74 Å². The Morgan fingerprint density at radius 3 is 2.30 bits per heavy atom. The quantitative estimate of drug-likeness (QED) is 0.807. The molecule has 0 aromatic heterocycles.